The van der Waals surface area contributed by atoms with Gasteiger partial charge in [0.15, 0.2) is 11.5 Å². The summed E-state index contributed by atoms with van der Waals surface area (Å²) in [5, 5.41) is 18.9. The smallest absolute Gasteiger partial charge is 0.218 e. The second-order valence-electron chi connectivity index (χ2n) is 4.21. The van der Waals surface area contributed by atoms with E-state index in [1.54, 1.807) is 12.3 Å². The van der Waals surface area contributed by atoms with Crippen molar-refractivity contribution in [2.75, 3.05) is 0 Å². The van der Waals surface area contributed by atoms with Crippen LogP contribution < -0.4 is 0 Å². The maximum absolute atomic E-state index is 9.91. The Morgan fingerprint density at radius 1 is 1.11 bits per heavy atom. The number of aromatic amines is 1. The Morgan fingerprint density at radius 3 is 2.79 bits per heavy atom. The molecule has 94 valence electrons. The Hall–Kier alpha value is -2.69. The minimum Gasteiger partial charge on any atom is -0.493 e. The quantitative estimate of drug-likeness (QED) is 0.676. The van der Waals surface area contributed by atoms with E-state index in [2.05, 4.69) is 20.2 Å². The molecule has 19 heavy (non-hydrogen) atoms. The summed E-state index contributed by atoms with van der Waals surface area (Å²) < 4.78 is 0. The number of aromatic hydroxyl groups is 1. The van der Waals surface area contributed by atoms with Gasteiger partial charge in [0, 0.05) is 11.6 Å². The molecule has 0 radical (unpaired) electrons. The monoisotopic (exact) mass is 252 g/mol. The van der Waals surface area contributed by atoms with E-state index in [1.807, 2.05) is 37.3 Å². The molecule has 0 aliphatic rings. The number of fused-ring (bicyclic) bond motifs is 1. The van der Waals surface area contributed by atoms with Crippen molar-refractivity contribution < 1.29 is 5.11 Å². The van der Waals surface area contributed by atoms with Gasteiger partial charge in [-0.1, -0.05) is 24.3 Å². The average molecular weight is 252 g/mol. The molecule has 0 spiro atoms. The molecule has 0 aliphatic carbocycles. The van der Waals surface area contributed by atoms with Crippen LogP contribution >= 0.6 is 0 Å². The molecule has 0 saturated heterocycles. The minimum atomic E-state index is 0.0176. The molecule has 0 bridgehead atoms. The van der Waals surface area contributed by atoms with Crippen LogP contribution in [0.15, 0.2) is 52.8 Å². The third-order valence-corrected chi connectivity index (χ3v) is 2.90. The van der Waals surface area contributed by atoms with Crippen LogP contribution in [0, 0.1) is 6.92 Å². The predicted molar refractivity (Wildman–Crippen MR) is 73.1 cm³/mol. The van der Waals surface area contributed by atoms with Crippen LogP contribution in [0.3, 0.4) is 0 Å². The molecule has 0 amide bonds. The van der Waals surface area contributed by atoms with Gasteiger partial charge in [-0.05, 0) is 24.6 Å². The van der Waals surface area contributed by atoms with Gasteiger partial charge in [-0.2, -0.15) is 0 Å². The largest absolute Gasteiger partial charge is 0.493 e. The Bertz CT molecular complexity index is 747. The zero-order valence-electron chi connectivity index (χ0n) is 10.3. The van der Waals surface area contributed by atoms with Gasteiger partial charge in [0.05, 0.1) is 5.52 Å². The van der Waals surface area contributed by atoms with Crippen LogP contribution in [-0.2, 0) is 0 Å². The van der Waals surface area contributed by atoms with Gasteiger partial charge in [-0.25, -0.2) is 4.98 Å². The lowest BCUT2D eigenvalue weighted by atomic mass is 10.1. The number of hydrogen-bond donors (Lipinski definition) is 2. The molecule has 1 aromatic carbocycles. The highest BCUT2D eigenvalue weighted by molar-refractivity contribution is 5.95. The molecular weight excluding hydrogens is 240 g/mol. The van der Waals surface area contributed by atoms with Crippen molar-refractivity contribution in [3.8, 4) is 5.88 Å². The lowest BCUT2D eigenvalue weighted by Crippen LogP contribution is -1.73. The molecule has 0 atom stereocenters. The maximum Gasteiger partial charge on any atom is 0.218 e. The lowest BCUT2D eigenvalue weighted by Gasteiger charge is -1.94. The van der Waals surface area contributed by atoms with Gasteiger partial charge in [0.1, 0.15) is 0 Å². The number of nitrogens with zero attached hydrogens (tertiary/aromatic N) is 3. The van der Waals surface area contributed by atoms with Crippen LogP contribution in [0.5, 0.6) is 5.88 Å². The van der Waals surface area contributed by atoms with Gasteiger partial charge < -0.3 is 10.1 Å². The first-order valence-electron chi connectivity index (χ1n) is 5.89. The number of pyridine rings is 1. The molecule has 0 unspecified atom stereocenters. The fourth-order valence-corrected chi connectivity index (χ4v) is 1.95. The molecule has 0 fully saturated rings. The number of para-hydroxylation sites is 1. The van der Waals surface area contributed by atoms with E-state index < -0.39 is 0 Å². The molecule has 3 rings (SSSR count). The van der Waals surface area contributed by atoms with Gasteiger partial charge in [-0.3, -0.25) is 0 Å². The summed E-state index contributed by atoms with van der Waals surface area (Å²) in [6.07, 6.45) is 1.65. The summed E-state index contributed by atoms with van der Waals surface area (Å²) in [4.78, 5) is 6.97. The van der Waals surface area contributed by atoms with Crippen molar-refractivity contribution in [3.63, 3.8) is 0 Å². The Kier molecular flexibility index (Phi) is 2.72. The SMILES string of the molecule is Cc1cccc2c(N=Nc3ccccn3)c(O)[nH]c12. The number of aryl methyl sites for hydroxylation is 1. The molecule has 2 aromatic heterocycles. The van der Waals surface area contributed by atoms with Crippen LogP contribution in [0.1, 0.15) is 5.56 Å². The standard InChI is InChI=1S/C14H12N4O/c1-9-5-4-6-10-12(9)16-14(19)13(10)18-17-11-7-2-3-8-15-11/h2-8,16,19H,1H3. The molecule has 2 heterocycles. The summed E-state index contributed by atoms with van der Waals surface area (Å²) in [5.41, 5.74) is 2.35. The Labute approximate surface area is 109 Å². The van der Waals surface area contributed by atoms with Gasteiger partial charge in [-0.15, -0.1) is 10.2 Å². The lowest BCUT2D eigenvalue weighted by molar-refractivity contribution is 0.459. The Balaban J connectivity index is 2.09. The van der Waals surface area contributed by atoms with Gasteiger partial charge in [0.2, 0.25) is 5.88 Å². The number of nitrogens with one attached hydrogen (secondary N) is 1. The normalized spacial score (nSPS) is 11.4. The van der Waals surface area contributed by atoms with Crippen molar-refractivity contribution in [2.45, 2.75) is 6.92 Å². The first-order valence-corrected chi connectivity index (χ1v) is 5.89. The summed E-state index contributed by atoms with van der Waals surface area (Å²) in [7, 11) is 0. The maximum atomic E-state index is 9.91. The van der Waals surface area contributed by atoms with Crippen molar-refractivity contribution in [1.29, 1.82) is 0 Å². The average Bonchev–Trinajstić information content (AvgIpc) is 2.75. The van der Waals surface area contributed by atoms with Crippen LogP contribution in [0.25, 0.3) is 10.9 Å². The van der Waals surface area contributed by atoms with E-state index in [4.69, 9.17) is 0 Å². The van der Waals surface area contributed by atoms with Crippen molar-refractivity contribution in [3.05, 3.63) is 48.2 Å². The Morgan fingerprint density at radius 2 is 2.00 bits per heavy atom. The topological polar surface area (TPSA) is 73.6 Å². The van der Waals surface area contributed by atoms with Crippen LogP contribution in [-0.4, -0.2) is 15.1 Å². The fourth-order valence-electron chi connectivity index (χ4n) is 1.95. The highest BCUT2D eigenvalue weighted by Gasteiger charge is 2.11. The molecular formula is C14H12N4O. The molecule has 0 saturated carbocycles. The zero-order chi connectivity index (χ0) is 13.2. The van der Waals surface area contributed by atoms with Crippen molar-refractivity contribution >= 4 is 22.4 Å². The van der Waals surface area contributed by atoms with Crippen molar-refractivity contribution in [1.82, 2.24) is 9.97 Å². The predicted octanol–water partition coefficient (Wildman–Crippen LogP) is 3.99. The summed E-state index contributed by atoms with van der Waals surface area (Å²) in [6, 6.07) is 11.2. The molecule has 0 aliphatic heterocycles. The fraction of sp³-hybridized carbons (Fsp3) is 0.0714. The van der Waals surface area contributed by atoms with E-state index in [-0.39, 0.29) is 5.88 Å². The van der Waals surface area contributed by atoms with Crippen molar-refractivity contribution in [2.24, 2.45) is 10.2 Å². The molecule has 5 nitrogen and oxygen atoms in total. The van der Waals surface area contributed by atoms with E-state index >= 15 is 0 Å². The summed E-state index contributed by atoms with van der Waals surface area (Å²) in [5.74, 6) is 0.521. The number of H-pyrrole nitrogens is 1. The number of aromatic nitrogens is 2. The highest BCUT2D eigenvalue weighted by Crippen LogP contribution is 2.37. The number of azo groups is 1. The van der Waals surface area contributed by atoms with E-state index in [1.165, 1.54) is 0 Å². The van der Waals surface area contributed by atoms with Gasteiger partial charge in [0.25, 0.3) is 0 Å². The minimum absolute atomic E-state index is 0.0176. The molecule has 2 N–H and O–H groups in total. The number of rotatable bonds is 2. The third-order valence-electron chi connectivity index (χ3n) is 2.90. The number of benzene rings is 1. The zero-order valence-corrected chi connectivity index (χ0v) is 10.3. The first-order chi connectivity index (χ1) is 9.25. The molecule has 3 aromatic rings. The molecule has 5 heteroatoms. The van der Waals surface area contributed by atoms with E-state index in [0.717, 1.165) is 16.5 Å². The van der Waals surface area contributed by atoms with E-state index in [9.17, 15) is 5.11 Å². The number of hydrogen-bond acceptors (Lipinski definition) is 4. The van der Waals surface area contributed by atoms with Crippen LogP contribution in [0.4, 0.5) is 11.5 Å². The van der Waals surface area contributed by atoms with E-state index in [0.29, 0.717) is 11.5 Å². The van der Waals surface area contributed by atoms with Crippen LogP contribution in [0.2, 0.25) is 0 Å². The second kappa shape index (κ2) is 4.53. The first kappa shape index (κ1) is 11.4. The third kappa shape index (κ3) is 2.06. The second-order valence-corrected chi connectivity index (χ2v) is 4.21. The van der Waals surface area contributed by atoms with Gasteiger partial charge >= 0.3 is 0 Å². The summed E-state index contributed by atoms with van der Waals surface area (Å²) >= 11 is 0. The highest BCUT2D eigenvalue weighted by atomic mass is 16.3. The summed E-state index contributed by atoms with van der Waals surface area (Å²) in [6.45, 7) is 1.97.